The number of carbonyl (C=O) groups excluding carboxylic acids is 3. The Balaban J connectivity index is 1.95. The number of esters is 1. The number of hydrogen-bond acceptors (Lipinski definition) is 5. The van der Waals surface area contributed by atoms with Crippen molar-refractivity contribution in [3.63, 3.8) is 0 Å². The van der Waals surface area contributed by atoms with Crippen molar-refractivity contribution in [2.24, 2.45) is 0 Å². The lowest BCUT2D eigenvalue weighted by Crippen LogP contribution is -2.31. The second-order valence-corrected chi connectivity index (χ2v) is 5.63. The van der Waals surface area contributed by atoms with Gasteiger partial charge in [-0.05, 0) is 12.8 Å². The molecule has 1 N–H and O–H groups in total. The van der Waals surface area contributed by atoms with Gasteiger partial charge in [0.25, 0.3) is 5.24 Å². The van der Waals surface area contributed by atoms with Gasteiger partial charge in [0, 0.05) is 38.2 Å². The van der Waals surface area contributed by atoms with Crippen LogP contribution in [0, 0.1) is 0 Å². The first-order valence-corrected chi connectivity index (χ1v) is 7.87. The maximum absolute atomic E-state index is 11.6. The number of thioether (sulfide) groups is 1. The summed E-state index contributed by atoms with van der Waals surface area (Å²) in [5, 5.41) is 2.89. The fraction of sp³-hybridized carbons (Fsp3) is 0.769. The van der Waals surface area contributed by atoms with E-state index in [-0.39, 0.29) is 17.1 Å². The average molecular weight is 302 g/mol. The van der Waals surface area contributed by atoms with Crippen molar-refractivity contribution in [2.45, 2.75) is 32.1 Å². The van der Waals surface area contributed by atoms with E-state index in [1.807, 2.05) is 0 Å². The predicted molar refractivity (Wildman–Crippen MR) is 77.5 cm³/mol. The van der Waals surface area contributed by atoms with Crippen LogP contribution >= 0.6 is 11.8 Å². The minimum absolute atomic E-state index is 0.0253. The second kappa shape index (κ2) is 9.63. The van der Waals surface area contributed by atoms with Crippen LogP contribution < -0.4 is 5.32 Å². The highest BCUT2D eigenvalue weighted by molar-refractivity contribution is 8.13. The average Bonchev–Trinajstić information content (AvgIpc) is 2.85. The summed E-state index contributed by atoms with van der Waals surface area (Å²) in [6, 6.07) is 0. The molecule has 0 aromatic heterocycles. The van der Waals surface area contributed by atoms with Gasteiger partial charge in [-0.2, -0.15) is 0 Å². The number of unbranched alkanes of at least 4 members (excludes halogenated alkanes) is 2. The van der Waals surface area contributed by atoms with Crippen molar-refractivity contribution < 1.29 is 19.1 Å². The molecule has 2 amide bonds. The fourth-order valence-corrected chi connectivity index (χ4v) is 2.71. The number of ether oxygens (including phenoxy) is 1. The second-order valence-electron chi connectivity index (χ2n) is 4.59. The summed E-state index contributed by atoms with van der Waals surface area (Å²) < 4.78 is 4.54. The standard InChI is InChI=1S/C13H22N2O4S/c1-19-12(17)5-3-2-4-7-14-11(16)6-8-15-9-10-20-13(15)18/h2-10H2,1H3,(H,14,16). The molecule has 1 aliphatic heterocycles. The molecule has 7 heteroatoms. The van der Waals surface area contributed by atoms with Gasteiger partial charge in [0.1, 0.15) is 0 Å². The molecule has 20 heavy (non-hydrogen) atoms. The molecule has 6 nitrogen and oxygen atoms in total. The van der Waals surface area contributed by atoms with Crippen molar-refractivity contribution in [3.05, 3.63) is 0 Å². The molecule has 0 unspecified atom stereocenters. The van der Waals surface area contributed by atoms with Crippen molar-refractivity contribution in [2.75, 3.05) is 32.5 Å². The van der Waals surface area contributed by atoms with E-state index >= 15 is 0 Å². The predicted octanol–water partition coefficient (Wildman–Crippen LogP) is 1.39. The van der Waals surface area contributed by atoms with Crippen molar-refractivity contribution in [1.82, 2.24) is 10.2 Å². The lowest BCUT2D eigenvalue weighted by molar-refractivity contribution is -0.140. The van der Waals surface area contributed by atoms with E-state index in [0.29, 0.717) is 25.9 Å². The number of rotatable bonds is 9. The van der Waals surface area contributed by atoms with Gasteiger partial charge in [-0.1, -0.05) is 18.2 Å². The minimum atomic E-state index is -0.192. The molecular weight excluding hydrogens is 280 g/mol. The molecule has 1 saturated heterocycles. The summed E-state index contributed by atoms with van der Waals surface area (Å²) in [5.74, 6) is 0.602. The van der Waals surface area contributed by atoms with E-state index in [2.05, 4.69) is 10.1 Å². The maximum atomic E-state index is 11.6. The van der Waals surface area contributed by atoms with E-state index in [4.69, 9.17) is 0 Å². The molecule has 0 spiro atoms. The summed E-state index contributed by atoms with van der Waals surface area (Å²) in [6.45, 7) is 1.85. The Kier molecular flexibility index (Phi) is 8.10. The van der Waals surface area contributed by atoms with Crippen LogP contribution in [0.5, 0.6) is 0 Å². The Hall–Kier alpha value is -1.24. The largest absolute Gasteiger partial charge is 0.469 e. The first kappa shape index (κ1) is 16.8. The summed E-state index contributed by atoms with van der Waals surface area (Å²) in [6.07, 6.45) is 3.30. The van der Waals surface area contributed by atoms with Gasteiger partial charge in [0.2, 0.25) is 5.91 Å². The number of carbonyl (C=O) groups is 3. The van der Waals surface area contributed by atoms with E-state index < -0.39 is 0 Å². The molecular formula is C13H22N2O4S. The normalized spacial score (nSPS) is 14.4. The molecule has 0 aromatic rings. The zero-order valence-electron chi connectivity index (χ0n) is 11.9. The fourth-order valence-electron chi connectivity index (χ4n) is 1.85. The van der Waals surface area contributed by atoms with Crippen LogP contribution in [-0.2, 0) is 14.3 Å². The van der Waals surface area contributed by atoms with Gasteiger partial charge in [-0.3, -0.25) is 14.4 Å². The van der Waals surface area contributed by atoms with Gasteiger partial charge >= 0.3 is 5.97 Å². The zero-order chi connectivity index (χ0) is 14.8. The summed E-state index contributed by atoms with van der Waals surface area (Å²) in [4.78, 5) is 35.5. The molecule has 0 saturated carbocycles. The quantitative estimate of drug-likeness (QED) is 0.514. The monoisotopic (exact) mass is 302 g/mol. The molecule has 114 valence electrons. The molecule has 0 radical (unpaired) electrons. The van der Waals surface area contributed by atoms with Crippen LogP contribution in [0.25, 0.3) is 0 Å². The lowest BCUT2D eigenvalue weighted by atomic mass is 10.2. The van der Waals surface area contributed by atoms with E-state index in [0.717, 1.165) is 31.6 Å². The van der Waals surface area contributed by atoms with Crippen molar-refractivity contribution >= 4 is 28.9 Å². The molecule has 1 heterocycles. The highest BCUT2D eigenvalue weighted by atomic mass is 32.2. The first-order valence-electron chi connectivity index (χ1n) is 6.88. The van der Waals surface area contributed by atoms with Gasteiger partial charge in [0.05, 0.1) is 7.11 Å². The molecule has 0 bridgehead atoms. The van der Waals surface area contributed by atoms with Crippen molar-refractivity contribution in [1.29, 1.82) is 0 Å². The number of nitrogens with one attached hydrogen (secondary N) is 1. The molecule has 0 atom stereocenters. The van der Waals surface area contributed by atoms with Gasteiger partial charge < -0.3 is 15.0 Å². The van der Waals surface area contributed by atoms with Crippen LogP contribution in [-0.4, -0.2) is 54.5 Å². The Labute approximate surface area is 123 Å². The SMILES string of the molecule is COC(=O)CCCCCNC(=O)CCN1CCSC1=O. The summed E-state index contributed by atoms with van der Waals surface area (Å²) in [5.41, 5.74) is 0. The van der Waals surface area contributed by atoms with Crippen LogP contribution in [0.2, 0.25) is 0 Å². The van der Waals surface area contributed by atoms with Crippen LogP contribution in [0.3, 0.4) is 0 Å². The maximum Gasteiger partial charge on any atom is 0.305 e. The zero-order valence-corrected chi connectivity index (χ0v) is 12.7. The Morgan fingerprint density at radius 2 is 2.10 bits per heavy atom. The van der Waals surface area contributed by atoms with Gasteiger partial charge in [0.15, 0.2) is 0 Å². The highest BCUT2D eigenvalue weighted by Crippen LogP contribution is 2.16. The molecule has 1 fully saturated rings. The van der Waals surface area contributed by atoms with Gasteiger partial charge in [-0.25, -0.2) is 0 Å². The van der Waals surface area contributed by atoms with Gasteiger partial charge in [-0.15, -0.1) is 0 Å². The number of methoxy groups -OCH3 is 1. The van der Waals surface area contributed by atoms with E-state index in [1.54, 1.807) is 4.90 Å². The highest BCUT2D eigenvalue weighted by Gasteiger charge is 2.21. The Morgan fingerprint density at radius 1 is 1.30 bits per heavy atom. The third-order valence-electron chi connectivity index (χ3n) is 3.06. The van der Waals surface area contributed by atoms with Crippen molar-refractivity contribution in [3.8, 4) is 0 Å². The van der Waals surface area contributed by atoms with E-state index in [9.17, 15) is 14.4 Å². The third-order valence-corrected chi connectivity index (χ3v) is 3.95. The topological polar surface area (TPSA) is 75.7 Å². The van der Waals surface area contributed by atoms with Crippen LogP contribution in [0.15, 0.2) is 0 Å². The Morgan fingerprint density at radius 3 is 2.75 bits per heavy atom. The lowest BCUT2D eigenvalue weighted by Gasteiger charge is -2.13. The first-order chi connectivity index (χ1) is 9.63. The number of hydrogen-bond donors (Lipinski definition) is 1. The smallest absolute Gasteiger partial charge is 0.305 e. The Bertz CT molecular complexity index is 349. The van der Waals surface area contributed by atoms with Crippen LogP contribution in [0.4, 0.5) is 4.79 Å². The summed E-state index contributed by atoms with van der Waals surface area (Å²) >= 11 is 1.31. The summed E-state index contributed by atoms with van der Waals surface area (Å²) in [7, 11) is 1.38. The number of amides is 2. The molecule has 0 aliphatic carbocycles. The molecule has 1 aliphatic rings. The molecule has 0 aromatic carbocycles. The number of nitrogens with zero attached hydrogens (tertiary/aromatic N) is 1. The third kappa shape index (κ3) is 6.79. The minimum Gasteiger partial charge on any atom is -0.469 e. The van der Waals surface area contributed by atoms with E-state index in [1.165, 1.54) is 18.9 Å². The van der Waals surface area contributed by atoms with Crippen LogP contribution in [0.1, 0.15) is 32.1 Å². The molecule has 1 rings (SSSR count).